The molecule has 2 atom stereocenters. The summed E-state index contributed by atoms with van der Waals surface area (Å²) in [6.45, 7) is 4.90. The Hall–Kier alpha value is -2.24. The van der Waals surface area contributed by atoms with E-state index in [1.807, 2.05) is 0 Å². The SMILES string of the molecule is CC1=Cc2c(ccc3ccccc23)[CH]1[Zr]1([CH]2C(C)=Cc3c2ccc2ccccc32)[CH2]CC[CH2]1. The summed E-state index contributed by atoms with van der Waals surface area (Å²) in [6, 6.07) is 27.7. The van der Waals surface area contributed by atoms with Crippen molar-refractivity contribution in [3.05, 3.63) is 106 Å². The molecule has 0 bridgehead atoms. The van der Waals surface area contributed by atoms with Crippen molar-refractivity contribution < 1.29 is 20.3 Å². The van der Waals surface area contributed by atoms with Crippen molar-refractivity contribution in [3.8, 4) is 0 Å². The van der Waals surface area contributed by atoms with E-state index in [0.717, 1.165) is 0 Å². The molecule has 0 N–H and O–H groups in total. The van der Waals surface area contributed by atoms with Gasteiger partial charge in [-0.15, -0.1) is 0 Å². The van der Waals surface area contributed by atoms with Crippen molar-refractivity contribution in [3.63, 3.8) is 0 Å². The Morgan fingerprint density at radius 3 is 1.52 bits per heavy atom. The molecule has 1 heteroatoms. The monoisotopic (exact) mass is 504 g/mol. The first-order chi connectivity index (χ1) is 16.2. The Kier molecular flexibility index (Phi) is 4.51. The number of hydrogen-bond donors (Lipinski definition) is 0. The number of fused-ring (bicyclic) bond motifs is 6. The first kappa shape index (κ1) is 20.2. The normalized spacial score (nSPS) is 23.0. The molecule has 1 heterocycles. The van der Waals surface area contributed by atoms with Crippen LogP contribution in [0.15, 0.2) is 83.9 Å². The van der Waals surface area contributed by atoms with Crippen molar-refractivity contribution in [2.75, 3.05) is 0 Å². The summed E-state index contributed by atoms with van der Waals surface area (Å²) >= 11 is -2.72. The van der Waals surface area contributed by atoms with Crippen LogP contribution in [-0.4, -0.2) is 0 Å². The molecular weight excluding hydrogens is 476 g/mol. The van der Waals surface area contributed by atoms with E-state index in [9.17, 15) is 0 Å². The quantitative estimate of drug-likeness (QED) is 0.254. The van der Waals surface area contributed by atoms with Crippen molar-refractivity contribution in [2.45, 2.75) is 42.2 Å². The molecule has 1 saturated heterocycles. The van der Waals surface area contributed by atoms with Crippen LogP contribution in [0.3, 0.4) is 0 Å². The first-order valence-corrected chi connectivity index (χ1v) is 18.9. The molecule has 0 radical (unpaired) electrons. The fourth-order valence-corrected chi connectivity index (χ4v) is 25.8. The zero-order valence-electron chi connectivity index (χ0n) is 19.6. The van der Waals surface area contributed by atoms with E-state index in [0.29, 0.717) is 7.25 Å². The fourth-order valence-electron chi connectivity index (χ4n) is 7.87. The summed E-state index contributed by atoms with van der Waals surface area (Å²) in [6.07, 6.45) is 8.01. The third-order valence-electron chi connectivity index (χ3n) is 8.97. The average Bonchev–Trinajstić information content (AvgIpc) is 3.54. The second-order valence-electron chi connectivity index (χ2n) is 10.7. The van der Waals surface area contributed by atoms with Crippen LogP contribution in [0, 0.1) is 0 Å². The fraction of sp³-hybridized carbons (Fsp3) is 0.250. The molecule has 0 amide bonds. The molecule has 2 unspecified atom stereocenters. The molecule has 33 heavy (non-hydrogen) atoms. The van der Waals surface area contributed by atoms with Gasteiger partial charge in [0, 0.05) is 0 Å². The molecule has 162 valence electrons. The molecule has 2 aliphatic carbocycles. The van der Waals surface area contributed by atoms with Gasteiger partial charge in [0.15, 0.2) is 0 Å². The maximum atomic E-state index is 2.56. The molecule has 0 saturated carbocycles. The summed E-state index contributed by atoms with van der Waals surface area (Å²) in [5.41, 5.74) is 9.67. The van der Waals surface area contributed by atoms with Gasteiger partial charge in [0.05, 0.1) is 0 Å². The summed E-state index contributed by atoms with van der Waals surface area (Å²) in [5.74, 6) is 0. The Balaban J connectivity index is 1.45. The molecule has 4 aromatic carbocycles. The van der Waals surface area contributed by atoms with Crippen LogP contribution >= 0.6 is 0 Å². The average molecular weight is 506 g/mol. The van der Waals surface area contributed by atoms with Crippen molar-refractivity contribution in [1.82, 2.24) is 0 Å². The number of rotatable bonds is 2. The van der Waals surface area contributed by atoms with Gasteiger partial charge in [0.2, 0.25) is 0 Å². The van der Waals surface area contributed by atoms with Gasteiger partial charge in [0.25, 0.3) is 0 Å². The van der Waals surface area contributed by atoms with Crippen LogP contribution in [0.1, 0.15) is 56.2 Å². The van der Waals surface area contributed by atoms with Gasteiger partial charge in [-0.05, 0) is 0 Å². The van der Waals surface area contributed by atoms with Crippen LogP contribution in [-0.2, 0) is 20.3 Å². The van der Waals surface area contributed by atoms with Crippen LogP contribution in [0.2, 0.25) is 8.26 Å². The number of allylic oxidation sites excluding steroid dienone is 2. The number of hydrogen-bond acceptors (Lipinski definition) is 0. The molecule has 0 nitrogen and oxygen atoms in total. The predicted octanol–water partition coefficient (Wildman–Crippen LogP) is 9.39. The Bertz CT molecular complexity index is 1390. The van der Waals surface area contributed by atoms with Crippen LogP contribution < -0.4 is 0 Å². The summed E-state index contributed by atoms with van der Waals surface area (Å²) in [7, 11) is 0. The molecule has 7 rings (SSSR count). The van der Waals surface area contributed by atoms with E-state index in [-0.39, 0.29) is 0 Å². The summed E-state index contributed by atoms with van der Waals surface area (Å²) in [5, 5.41) is 5.65. The van der Waals surface area contributed by atoms with Gasteiger partial charge in [0.1, 0.15) is 0 Å². The van der Waals surface area contributed by atoms with E-state index in [2.05, 4.69) is 98.8 Å². The van der Waals surface area contributed by atoms with Crippen LogP contribution in [0.5, 0.6) is 0 Å². The van der Waals surface area contributed by atoms with E-state index in [1.54, 1.807) is 22.3 Å². The van der Waals surface area contributed by atoms with E-state index in [4.69, 9.17) is 0 Å². The van der Waals surface area contributed by atoms with Gasteiger partial charge < -0.3 is 0 Å². The molecule has 1 fully saturated rings. The third kappa shape index (κ3) is 2.78. The maximum absolute atomic E-state index is 2.72. The van der Waals surface area contributed by atoms with Crippen molar-refractivity contribution in [2.24, 2.45) is 0 Å². The Morgan fingerprint density at radius 2 is 1.03 bits per heavy atom. The summed E-state index contributed by atoms with van der Waals surface area (Å²) in [4.78, 5) is 0. The second-order valence-corrected chi connectivity index (χ2v) is 22.0. The first-order valence-electron chi connectivity index (χ1n) is 12.6. The summed E-state index contributed by atoms with van der Waals surface area (Å²) < 4.78 is 4.48. The molecule has 0 spiro atoms. The van der Waals surface area contributed by atoms with E-state index >= 15 is 0 Å². The van der Waals surface area contributed by atoms with E-state index in [1.165, 1.54) is 53.8 Å². The van der Waals surface area contributed by atoms with Gasteiger partial charge in [-0.3, -0.25) is 0 Å². The second kappa shape index (κ2) is 7.38. The molecular formula is C32H30Zr. The van der Waals surface area contributed by atoms with Crippen molar-refractivity contribution >= 4 is 33.7 Å². The van der Waals surface area contributed by atoms with Crippen LogP contribution in [0.25, 0.3) is 33.7 Å². The number of benzene rings is 4. The van der Waals surface area contributed by atoms with E-state index < -0.39 is 20.3 Å². The van der Waals surface area contributed by atoms with Gasteiger partial charge in [-0.1, -0.05) is 0 Å². The van der Waals surface area contributed by atoms with Crippen molar-refractivity contribution in [1.29, 1.82) is 0 Å². The molecule has 0 aromatic heterocycles. The van der Waals surface area contributed by atoms with Crippen LogP contribution in [0.4, 0.5) is 0 Å². The third-order valence-corrected chi connectivity index (χ3v) is 24.7. The van der Waals surface area contributed by atoms with Gasteiger partial charge >= 0.3 is 202 Å². The zero-order valence-corrected chi connectivity index (χ0v) is 22.0. The Labute approximate surface area is 201 Å². The Morgan fingerprint density at radius 1 is 0.576 bits per heavy atom. The zero-order chi connectivity index (χ0) is 22.2. The minimum absolute atomic E-state index is 0.715. The molecule has 3 aliphatic rings. The molecule has 1 aliphatic heterocycles. The standard InChI is InChI=1S/2C14H11.C4H8.Zr/c2*1-10-8-12-7-6-11-4-2-3-5-13(11)14(12)9-10;1-3-4-2;/h2*2-9H,1H3;1-4H2;. The topological polar surface area (TPSA) is 0 Å². The van der Waals surface area contributed by atoms with Gasteiger partial charge in [-0.25, -0.2) is 0 Å². The molecule has 4 aromatic rings. The predicted molar refractivity (Wildman–Crippen MR) is 140 cm³/mol. The minimum atomic E-state index is -2.72. The van der Waals surface area contributed by atoms with Gasteiger partial charge in [-0.2, -0.15) is 0 Å².